The van der Waals surface area contributed by atoms with Crippen LogP contribution >= 0.6 is 0 Å². The highest BCUT2D eigenvalue weighted by Gasteiger charge is 2.38. The van der Waals surface area contributed by atoms with Crippen LogP contribution in [-0.2, 0) is 0 Å². The van der Waals surface area contributed by atoms with Crippen molar-refractivity contribution in [2.24, 2.45) is 5.73 Å². The third-order valence-electron chi connectivity index (χ3n) is 5.01. The number of nitrogens with zero attached hydrogens (tertiary/aromatic N) is 2. The van der Waals surface area contributed by atoms with Crippen LogP contribution < -0.4 is 5.73 Å². The van der Waals surface area contributed by atoms with Gasteiger partial charge in [0.2, 0.25) is 0 Å². The van der Waals surface area contributed by atoms with Crippen molar-refractivity contribution in [3.05, 3.63) is 0 Å². The highest BCUT2D eigenvalue weighted by molar-refractivity contribution is 4.96. The summed E-state index contributed by atoms with van der Waals surface area (Å²) in [6.07, 6.45) is 7.57. The van der Waals surface area contributed by atoms with Gasteiger partial charge in [-0.05, 0) is 65.7 Å². The highest BCUT2D eigenvalue weighted by atomic mass is 15.2. The van der Waals surface area contributed by atoms with E-state index in [-0.39, 0.29) is 5.54 Å². The summed E-state index contributed by atoms with van der Waals surface area (Å²) in [6.45, 7) is 11.4. The molecule has 1 rings (SSSR count). The van der Waals surface area contributed by atoms with Gasteiger partial charge in [-0.3, -0.25) is 4.90 Å². The molecule has 1 heterocycles. The molecule has 1 aliphatic heterocycles. The molecule has 0 spiro atoms. The number of likely N-dealkylation sites (tertiary alicyclic amines) is 1. The Balaban J connectivity index is 2.85. The Morgan fingerprint density at radius 2 is 2.00 bits per heavy atom. The van der Waals surface area contributed by atoms with E-state index in [1.54, 1.807) is 0 Å². The zero-order chi connectivity index (χ0) is 14.3. The van der Waals surface area contributed by atoms with E-state index in [1.165, 1.54) is 58.2 Å². The van der Waals surface area contributed by atoms with Crippen molar-refractivity contribution >= 4 is 0 Å². The second-order valence-electron chi connectivity index (χ2n) is 6.39. The summed E-state index contributed by atoms with van der Waals surface area (Å²) in [6, 6.07) is 0.651. The van der Waals surface area contributed by atoms with Crippen molar-refractivity contribution in [1.82, 2.24) is 9.80 Å². The number of hydrogen-bond donors (Lipinski definition) is 1. The van der Waals surface area contributed by atoms with Crippen molar-refractivity contribution in [1.29, 1.82) is 0 Å². The van der Waals surface area contributed by atoms with Gasteiger partial charge in [0.1, 0.15) is 0 Å². The Labute approximate surface area is 120 Å². The zero-order valence-electron chi connectivity index (χ0n) is 13.6. The van der Waals surface area contributed by atoms with Crippen molar-refractivity contribution in [2.45, 2.75) is 70.9 Å². The third-order valence-corrected chi connectivity index (χ3v) is 5.01. The van der Waals surface area contributed by atoms with Crippen molar-refractivity contribution < 1.29 is 0 Å². The minimum absolute atomic E-state index is 0.245. The standard InChI is InChI=1S/C16H35N3/c1-5-7-12-19(15(3)6-2)16(14-17)9-8-11-18(4)13-10-16/h15H,5-14,17H2,1-4H3. The first-order valence-corrected chi connectivity index (χ1v) is 8.25. The van der Waals surface area contributed by atoms with Gasteiger partial charge in [0.25, 0.3) is 0 Å². The molecule has 0 amide bonds. The molecule has 2 N–H and O–H groups in total. The van der Waals surface area contributed by atoms with Crippen LogP contribution in [0.3, 0.4) is 0 Å². The van der Waals surface area contributed by atoms with E-state index in [1.807, 2.05) is 0 Å². The molecule has 2 atom stereocenters. The van der Waals surface area contributed by atoms with Gasteiger partial charge in [0.05, 0.1) is 0 Å². The molecular formula is C16H35N3. The molecule has 0 bridgehead atoms. The average molecular weight is 269 g/mol. The molecule has 1 aliphatic rings. The van der Waals surface area contributed by atoms with Crippen LogP contribution in [0.15, 0.2) is 0 Å². The monoisotopic (exact) mass is 269 g/mol. The Bertz CT molecular complexity index is 244. The lowest BCUT2D eigenvalue weighted by atomic mass is 9.86. The summed E-state index contributed by atoms with van der Waals surface area (Å²) in [7, 11) is 2.24. The predicted molar refractivity (Wildman–Crippen MR) is 84.5 cm³/mol. The highest BCUT2D eigenvalue weighted by Crippen LogP contribution is 2.31. The van der Waals surface area contributed by atoms with E-state index >= 15 is 0 Å². The maximum Gasteiger partial charge on any atom is 0.0347 e. The normalized spacial score (nSPS) is 27.5. The van der Waals surface area contributed by atoms with Crippen LogP contribution in [0.25, 0.3) is 0 Å². The van der Waals surface area contributed by atoms with E-state index in [9.17, 15) is 0 Å². The van der Waals surface area contributed by atoms with E-state index in [0.717, 1.165) is 6.54 Å². The molecule has 0 aliphatic carbocycles. The minimum atomic E-state index is 0.245. The molecule has 3 nitrogen and oxygen atoms in total. The summed E-state index contributed by atoms with van der Waals surface area (Å²) in [5.74, 6) is 0. The van der Waals surface area contributed by atoms with Crippen LogP contribution in [0.5, 0.6) is 0 Å². The first kappa shape index (κ1) is 16.9. The molecule has 19 heavy (non-hydrogen) atoms. The number of nitrogens with two attached hydrogens (primary N) is 1. The fourth-order valence-corrected chi connectivity index (χ4v) is 3.40. The summed E-state index contributed by atoms with van der Waals surface area (Å²) < 4.78 is 0. The van der Waals surface area contributed by atoms with Crippen LogP contribution in [0.1, 0.15) is 59.3 Å². The molecule has 2 unspecified atom stereocenters. The summed E-state index contributed by atoms with van der Waals surface area (Å²) in [5, 5.41) is 0. The molecule has 114 valence electrons. The van der Waals surface area contributed by atoms with E-state index in [4.69, 9.17) is 5.73 Å². The Kier molecular flexibility index (Phi) is 7.33. The number of unbranched alkanes of at least 4 members (excludes halogenated alkanes) is 1. The molecule has 1 fully saturated rings. The largest absolute Gasteiger partial charge is 0.329 e. The molecule has 0 aromatic carbocycles. The average Bonchev–Trinajstić information content (AvgIpc) is 2.62. The number of hydrogen-bond acceptors (Lipinski definition) is 3. The van der Waals surface area contributed by atoms with Gasteiger partial charge in [-0.25, -0.2) is 0 Å². The van der Waals surface area contributed by atoms with Crippen molar-refractivity contribution in [2.75, 3.05) is 33.2 Å². The van der Waals surface area contributed by atoms with Gasteiger partial charge in [-0.1, -0.05) is 20.3 Å². The number of rotatable bonds is 7. The minimum Gasteiger partial charge on any atom is -0.329 e. The van der Waals surface area contributed by atoms with Crippen molar-refractivity contribution in [3.8, 4) is 0 Å². The second-order valence-corrected chi connectivity index (χ2v) is 6.39. The van der Waals surface area contributed by atoms with Gasteiger partial charge < -0.3 is 10.6 Å². The Hall–Kier alpha value is -0.120. The van der Waals surface area contributed by atoms with Gasteiger partial charge >= 0.3 is 0 Å². The van der Waals surface area contributed by atoms with Gasteiger partial charge in [-0.2, -0.15) is 0 Å². The molecule has 0 saturated carbocycles. The lowest BCUT2D eigenvalue weighted by Crippen LogP contribution is -2.57. The van der Waals surface area contributed by atoms with Crippen LogP contribution in [-0.4, -0.2) is 54.6 Å². The topological polar surface area (TPSA) is 32.5 Å². The quantitative estimate of drug-likeness (QED) is 0.771. The second kappa shape index (κ2) is 8.23. The summed E-state index contributed by atoms with van der Waals surface area (Å²) in [5.41, 5.74) is 6.50. The SMILES string of the molecule is CCCCN(C(C)CC)C1(CN)CCCN(C)CC1. The third kappa shape index (κ3) is 4.44. The molecule has 0 aromatic rings. The Morgan fingerprint density at radius 3 is 2.58 bits per heavy atom. The maximum absolute atomic E-state index is 6.26. The zero-order valence-corrected chi connectivity index (χ0v) is 13.6. The smallest absolute Gasteiger partial charge is 0.0347 e. The molecular weight excluding hydrogens is 234 g/mol. The van der Waals surface area contributed by atoms with Gasteiger partial charge in [-0.15, -0.1) is 0 Å². The van der Waals surface area contributed by atoms with Crippen LogP contribution in [0.2, 0.25) is 0 Å². The van der Waals surface area contributed by atoms with E-state index in [0.29, 0.717) is 6.04 Å². The summed E-state index contributed by atoms with van der Waals surface area (Å²) in [4.78, 5) is 5.21. The lowest BCUT2D eigenvalue weighted by Gasteiger charge is -2.46. The van der Waals surface area contributed by atoms with Gasteiger partial charge in [0, 0.05) is 18.1 Å². The fourth-order valence-electron chi connectivity index (χ4n) is 3.40. The molecule has 3 heteroatoms. The van der Waals surface area contributed by atoms with E-state index in [2.05, 4.69) is 37.6 Å². The summed E-state index contributed by atoms with van der Waals surface area (Å²) >= 11 is 0. The lowest BCUT2D eigenvalue weighted by molar-refractivity contribution is 0.0389. The molecule has 0 radical (unpaired) electrons. The Morgan fingerprint density at radius 1 is 1.26 bits per heavy atom. The fraction of sp³-hybridized carbons (Fsp3) is 1.00. The predicted octanol–water partition coefficient (Wildman–Crippen LogP) is 2.70. The maximum atomic E-state index is 6.26. The molecule has 0 aromatic heterocycles. The van der Waals surface area contributed by atoms with Gasteiger partial charge in [0.15, 0.2) is 0 Å². The van der Waals surface area contributed by atoms with Crippen LogP contribution in [0, 0.1) is 0 Å². The first-order valence-electron chi connectivity index (χ1n) is 8.25. The molecule has 1 saturated heterocycles. The van der Waals surface area contributed by atoms with Crippen LogP contribution in [0.4, 0.5) is 0 Å². The van der Waals surface area contributed by atoms with E-state index < -0.39 is 0 Å². The van der Waals surface area contributed by atoms with Crippen molar-refractivity contribution in [3.63, 3.8) is 0 Å². The first-order chi connectivity index (χ1) is 9.09.